The van der Waals surface area contributed by atoms with Crippen molar-refractivity contribution in [3.05, 3.63) is 54.0 Å². The zero-order valence-corrected chi connectivity index (χ0v) is 23.9. The van der Waals surface area contributed by atoms with Crippen molar-refractivity contribution >= 4 is 44.5 Å². The van der Waals surface area contributed by atoms with Gasteiger partial charge in [-0.15, -0.1) is 0 Å². The predicted molar refractivity (Wildman–Crippen MR) is 151 cm³/mol. The van der Waals surface area contributed by atoms with E-state index < -0.39 is 48.8 Å². The van der Waals surface area contributed by atoms with E-state index in [0.29, 0.717) is 38.1 Å². The minimum atomic E-state index is -3.10. The molecule has 1 aliphatic rings. The third-order valence-electron chi connectivity index (χ3n) is 6.77. The predicted octanol–water partition coefficient (Wildman–Crippen LogP) is 6.04. The first-order chi connectivity index (χ1) is 20.6. The van der Waals surface area contributed by atoms with Crippen molar-refractivity contribution in [3.63, 3.8) is 0 Å². The number of carbonyl (C=O) groups excluding carboxylic acids is 1. The van der Waals surface area contributed by atoms with Crippen molar-refractivity contribution in [3.8, 4) is 22.3 Å². The lowest BCUT2D eigenvalue weighted by Gasteiger charge is -2.35. The number of carbonyl (C=O) groups is 1. The van der Waals surface area contributed by atoms with Gasteiger partial charge in [0.15, 0.2) is 5.82 Å². The van der Waals surface area contributed by atoms with Gasteiger partial charge in [0.25, 0.3) is 11.8 Å². The summed E-state index contributed by atoms with van der Waals surface area (Å²) in [5.41, 5.74) is 3.25. The normalized spacial score (nSPS) is 18.0. The number of methoxy groups -OCH3 is 1. The SMILES string of the molecule is COc1cnc2c(-c3nc4cc(F)c(OC5CC(F)(F)CCC5OC(=O)Nc5cnc(C)nc5)nc4s3)cc(C)cc2n1. The Morgan fingerprint density at radius 2 is 1.81 bits per heavy atom. The summed E-state index contributed by atoms with van der Waals surface area (Å²) in [6.07, 6.45) is -0.606. The Hall–Kier alpha value is -4.66. The summed E-state index contributed by atoms with van der Waals surface area (Å²) in [4.78, 5) is 38.5. The number of pyridine rings is 1. The Morgan fingerprint density at radius 3 is 2.58 bits per heavy atom. The standard InChI is InChI=1S/C28H24F3N7O4S/c1-13-6-16(23-18(7-13)36-22(40-3)12-34-23)25-37-19-8-17(29)24(38-26(19)43-25)41-21-9-28(30,31)5-4-20(21)42-27(39)35-15-10-32-14(2)33-11-15/h6-8,10-12,20-21H,4-5,9H2,1-3H3,(H,35,39). The van der Waals surface area contributed by atoms with Crippen LogP contribution in [0.4, 0.5) is 23.7 Å². The fourth-order valence-corrected chi connectivity index (χ4v) is 5.67. The van der Waals surface area contributed by atoms with Gasteiger partial charge < -0.3 is 14.2 Å². The number of amides is 1. The lowest BCUT2D eigenvalue weighted by Crippen LogP contribution is -2.46. The summed E-state index contributed by atoms with van der Waals surface area (Å²) in [7, 11) is 1.50. The van der Waals surface area contributed by atoms with E-state index in [0.717, 1.165) is 23.0 Å². The molecule has 5 aromatic rings. The minimum absolute atomic E-state index is 0.198. The molecule has 11 nitrogen and oxygen atoms in total. The lowest BCUT2D eigenvalue weighted by atomic mass is 9.91. The second-order valence-corrected chi connectivity index (χ2v) is 11.0. The number of benzene rings is 1. The minimum Gasteiger partial charge on any atom is -0.480 e. The molecule has 1 amide bonds. The van der Waals surface area contributed by atoms with Gasteiger partial charge >= 0.3 is 6.09 Å². The van der Waals surface area contributed by atoms with E-state index >= 15 is 4.39 Å². The van der Waals surface area contributed by atoms with Crippen LogP contribution >= 0.6 is 11.3 Å². The molecule has 2 atom stereocenters. The molecule has 1 saturated carbocycles. The van der Waals surface area contributed by atoms with Crippen LogP contribution in [-0.2, 0) is 4.74 Å². The average Bonchev–Trinajstić information content (AvgIpc) is 3.37. The van der Waals surface area contributed by atoms with Crippen molar-refractivity contribution in [1.82, 2.24) is 29.9 Å². The average molecular weight is 612 g/mol. The molecule has 6 rings (SSSR count). The number of hydrogen-bond donors (Lipinski definition) is 1. The molecule has 4 heterocycles. The smallest absolute Gasteiger partial charge is 0.412 e. The Kier molecular flexibility index (Phi) is 7.42. The van der Waals surface area contributed by atoms with Gasteiger partial charge in [0.1, 0.15) is 33.4 Å². The van der Waals surface area contributed by atoms with Crippen LogP contribution in [0.5, 0.6) is 11.8 Å². The highest BCUT2D eigenvalue weighted by Crippen LogP contribution is 2.39. The zero-order chi connectivity index (χ0) is 30.3. The zero-order valence-electron chi connectivity index (χ0n) is 23.1. The fourth-order valence-electron chi connectivity index (χ4n) is 4.74. The Labute approximate surface area is 246 Å². The number of aromatic nitrogens is 6. The van der Waals surface area contributed by atoms with E-state index in [1.165, 1.54) is 25.7 Å². The van der Waals surface area contributed by atoms with Gasteiger partial charge in [0.05, 0.1) is 48.8 Å². The second kappa shape index (κ2) is 11.2. The van der Waals surface area contributed by atoms with E-state index in [9.17, 15) is 13.6 Å². The molecular weight excluding hydrogens is 587 g/mol. The van der Waals surface area contributed by atoms with Crippen LogP contribution in [0, 0.1) is 19.7 Å². The molecule has 0 spiro atoms. The fraction of sp³-hybridized carbons (Fsp3) is 0.321. The number of fused-ring (bicyclic) bond motifs is 2. The van der Waals surface area contributed by atoms with E-state index in [2.05, 4.69) is 35.2 Å². The number of rotatable bonds is 6. The van der Waals surface area contributed by atoms with Crippen LogP contribution < -0.4 is 14.8 Å². The van der Waals surface area contributed by atoms with Crippen LogP contribution in [0.25, 0.3) is 32.0 Å². The molecule has 15 heteroatoms. The molecular formula is C28H24F3N7O4S. The largest absolute Gasteiger partial charge is 0.480 e. The first-order valence-electron chi connectivity index (χ1n) is 13.2. The number of alkyl halides is 2. The van der Waals surface area contributed by atoms with Crippen molar-refractivity contribution in [1.29, 1.82) is 0 Å². The molecule has 222 valence electrons. The molecule has 0 radical (unpaired) electrons. The quantitative estimate of drug-likeness (QED) is 0.242. The Balaban J connectivity index is 1.27. The van der Waals surface area contributed by atoms with E-state index in [1.54, 1.807) is 6.92 Å². The van der Waals surface area contributed by atoms with Crippen LogP contribution in [0.15, 0.2) is 36.8 Å². The lowest BCUT2D eigenvalue weighted by molar-refractivity contribution is -0.115. The molecule has 0 aliphatic heterocycles. The van der Waals surface area contributed by atoms with Gasteiger partial charge in [-0.05, 0) is 38.0 Å². The highest BCUT2D eigenvalue weighted by Gasteiger charge is 2.45. The number of ether oxygens (including phenoxy) is 3. The van der Waals surface area contributed by atoms with E-state index in [-0.39, 0.29) is 17.6 Å². The van der Waals surface area contributed by atoms with Crippen molar-refractivity contribution in [2.24, 2.45) is 0 Å². The molecule has 1 aromatic carbocycles. The monoisotopic (exact) mass is 611 g/mol. The topological polar surface area (TPSA) is 134 Å². The van der Waals surface area contributed by atoms with Crippen LogP contribution in [0.1, 0.15) is 30.7 Å². The number of anilines is 1. The summed E-state index contributed by atoms with van der Waals surface area (Å²) in [6, 6.07) is 4.87. The Bertz CT molecular complexity index is 1840. The van der Waals surface area contributed by atoms with Crippen LogP contribution in [-0.4, -0.2) is 61.2 Å². The first kappa shape index (κ1) is 28.5. The number of hydrogen-bond acceptors (Lipinski definition) is 11. The molecule has 1 aliphatic carbocycles. The summed E-state index contributed by atoms with van der Waals surface area (Å²) < 4.78 is 60.3. The second-order valence-electron chi connectivity index (χ2n) is 10.1. The van der Waals surface area contributed by atoms with Gasteiger partial charge in [-0.1, -0.05) is 11.3 Å². The Morgan fingerprint density at radius 1 is 1.02 bits per heavy atom. The molecule has 0 saturated heterocycles. The third-order valence-corrected chi connectivity index (χ3v) is 7.77. The highest BCUT2D eigenvalue weighted by atomic mass is 32.1. The molecule has 1 fully saturated rings. The number of halogens is 3. The maximum atomic E-state index is 15.2. The van der Waals surface area contributed by atoms with Gasteiger partial charge in [-0.3, -0.25) is 5.32 Å². The number of thiazole rings is 1. The van der Waals surface area contributed by atoms with E-state index in [4.69, 9.17) is 14.2 Å². The number of nitrogens with zero attached hydrogens (tertiary/aromatic N) is 6. The summed E-state index contributed by atoms with van der Waals surface area (Å²) in [6.45, 7) is 3.58. The van der Waals surface area contributed by atoms with Crippen molar-refractivity contribution in [2.45, 2.75) is 51.2 Å². The third kappa shape index (κ3) is 6.11. The highest BCUT2D eigenvalue weighted by molar-refractivity contribution is 7.21. The van der Waals surface area contributed by atoms with Gasteiger partial charge in [0, 0.05) is 18.1 Å². The molecule has 43 heavy (non-hydrogen) atoms. The molecule has 4 aromatic heterocycles. The number of aryl methyl sites for hydroxylation is 2. The van der Waals surface area contributed by atoms with E-state index in [1.807, 2.05) is 19.1 Å². The molecule has 0 bridgehead atoms. The van der Waals surface area contributed by atoms with Crippen LogP contribution in [0.3, 0.4) is 0 Å². The maximum absolute atomic E-state index is 15.2. The van der Waals surface area contributed by atoms with Crippen LogP contribution in [0.2, 0.25) is 0 Å². The number of nitrogens with one attached hydrogen (secondary N) is 1. The van der Waals surface area contributed by atoms with Crippen molar-refractivity contribution < 1.29 is 32.2 Å². The first-order valence-corrected chi connectivity index (χ1v) is 14.0. The maximum Gasteiger partial charge on any atom is 0.412 e. The summed E-state index contributed by atoms with van der Waals surface area (Å²) in [5.74, 6) is -3.62. The summed E-state index contributed by atoms with van der Waals surface area (Å²) in [5, 5.41) is 2.97. The molecule has 2 unspecified atom stereocenters. The summed E-state index contributed by atoms with van der Waals surface area (Å²) >= 11 is 1.16. The van der Waals surface area contributed by atoms with Gasteiger partial charge in [-0.2, -0.15) is 4.98 Å². The van der Waals surface area contributed by atoms with Crippen molar-refractivity contribution in [2.75, 3.05) is 12.4 Å². The molecule has 1 N–H and O–H groups in total. The van der Waals surface area contributed by atoms with Gasteiger partial charge in [0.2, 0.25) is 5.88 Å². The van der Waals surface area contributed by atoms with Gasteiger partial charge in [-0.25, -0.2) is 42.9 Å².